The van der Waals surface area contributed by atoms with E-state index >= 15 is 0 Å². The van der Waals surface area contributed by atoms with Crippen LogP contribution in [0.25, 0.3) is 0 Å². The molecule has 0 aliphatic heterocycles. The molecule has 1 N–H and O–H groups in total. The summed E-state index contributed by atoms with van der Waals surface area (Å²) in [4.78, 5) is 29.2. The van der Waals surface area contributed by atoms with Crippen LogP contribution in [0.4, 0.5) is 0 Å². The molecule has 0 aromatic rings. The lowest BCUT2D eigenvalue weighted by Gasteiger charge is -2.25. The molecule has 0 fully saturated rings. The van der Waals surface area contributed by atoms with Crippen LogP contribution in [0.2, 0.25) is 0 Å². The maximum Gasteiger partial charge on any atom is 0.337 e. The molecule has 11 heteroatoms. The maximum atomic E-state index is 11.2. The van der Waals surface area contributed by atoms with Crippen LogP contribution in [0, 0.1) is 0 Å². The molecule has 0 radical (unpaired) electrons. The number of likely N-dealkylation sites (N-methyl/N-ethyl adjacent to an activating group) is 1. The molecule has 0 bridgehead atoms. The zero-order valence-electron chi connectivity index (χ0n) is 18.3. The fourth-order valence-corrected chi connectivity index (χ4v) is 1.85. The average Bonchev–Trinajstić information content (AvgIpc) is 2.56. The number of quaternary nitrogens is 1. The number of carbonyl (C=O) groups is 2. The Balaban J connectivity index is 0. The number of ether oxygens (including phenoxy) is 2. The van der Waals surface area contributed by atoms with E-state index in [0.29, 0.717) is 17.8 Å². The number of rotatable bonds is 12. The second-order valence-corrected chi connectivity index (χ2v) is 8.68. The van der Waals surface area contributed by atoms with Crippen molar-refractivity contribution in [2.45, 2.75) is 20.3 Å². The first-order valence-corrected chi connectivity index (χ1v) is 10.4. The van der Waals surface area contributed by atoms with Crippen molar-refractivity contribution in [3.05, 3.63) is 24.3 Å². The van der Waals surface area contributed by atoms with Gasteiger partial charge in [-0.2, -0.15) is 13.1 Å². The van der Waals surface area contributed by atoms with Gasteiger partial charge in [-0.3, -0.25) is 4.55 Å². The van der Waals surface area contributed by atoms with Crippen LogP contribution >= 0.6 is 0 Å². The third-order valence-corrected chi connectivity index (χ3v) is 3.77. The molecule has 0 atom stereocenters. The van der Waals surface area contributed by atoms with Crippen molar-refractivity contribution < 1.29 is 41.5 Å². The van der Waals surface area contributed by atoms with Gasteiger partial charge in [-0.1, -0.05) is 13.2 Å². The predicted octanol–water partition coefficient (Wildman–Crippen LogP) is 1.02. The van der Waals surface area contributed by atoms with Crippen molar-refractivity contribution in [1.82, 2.24) is 4.90 Å². The van der Waals surface area contributed by atoms with Crippen LogP contribution < -0.4 is 0 Å². The maximum absolute atomic E-state index is 11.2. The Morgan fingerprint density at radius 1 is 1.00 bits per heavy atom. The van der Waals surface area contributed by atoms with Crippen molar-refractivity contribution in [2.24, 2.45) is 0 Å². The molecule has 0 rings (SSSR count). The van der Waals surface area contributed by atoms with Gasteiger partial charge in [0.1, 0.15) is 27.3 Å². The fourth-order valence-electron chi connectivity index (χ4n) is 1.37. The largest absolute Gasteiger partial charge is 0.461 e. The Bertz CT molecular complexity index is 657. The minimum atomic E-state index is -3.96. The highest BCUT2D eigenvalue weighted by atomic mass is 32.2. The van der Waals surface area contributed by atoms with E-state index < -0.39 is 16.1 Å². The Labute approximate surface area is 174 Å². The normalized spacial score (nSPS) is 11.3. The van der Waals surface area contributed by atoms with Crippen molar-refractivity contribution >= 4 is 22.1 Å². The van der Waals surface area contributed by atoms with E-state index in [1.54, 1.807) is 21.0 Å². The van der Waals surface area contributed by atoms with Gasteiger partial charge in [0.25, 0.3) is 16.8 Å². The minimum absolute atomic E-state index is 0.0163. The predicted molar refractivity (Wildman–Crippen MR) is 109 cm³/mol. The molecule has 0 aliphatic carbocycles. The van der Waals surface area contributed by atoms with Crippen molar-refractivity contribution in [3.8, 4) is 0 Å². The van der Waals surface area contributed by atoms with E-state index in [0.717, 1.165) is 6.54 Å². The van der Waals surface area contributed by atoms with Gasteiger partial charge in [-0.15, -0.1) is 0 Å². The molecule has 29 heavy (non-hydrogen) atoms. The third kappa shape index (κ3) is 20.7. The van der Waals surface area contributed by atoms with Gasteiger partial charge in [0, 0.05) is 17.7 Å². The van der Waals surface area contributed by atoms with Crippen LogP contribution in [-0.2, 0) is 34.0 Å². The second-order valence-electron chi connectivity index (χ2n) is 7.11. The van der Waals surface area contributed by atoms with Gasteiger partial charge in [-0.05, 0) is 34.4 Å². The molecule has 0 aromatic heterocycles. The lowest BCUT2D eigenvalue weighted by molar-refractivity contribution is -1.09. The molecule has 0 saturated carbocycles. The van der Waals surface area contributed by atoms with Crippen molar-refractivity contribution in [2.75, 3.05) is 60.4 Å². The Morgan fingerprint density at radius 3 is 1.90 bits per heavy atom. The number of carbonyl (C=O) groups excluding carboxylic acids is 2. The first-order chi connectivity index (χ1) is 13.1. The smallest absolute Gasteiger partial charge is 0.337 e. The number of esters is 2. The second kappa shape index (κ2) is 14.2. The minimum Gasteiger partial charge on any atom is -0.461 e. The number of hydrogen-bond acceptors (Lipinski definition) is 8. The topological polar surface area (TPSA) is 119 Å². The Hall–Kier alpha value is -1.79. The molecule has 0 spiro atoms. The number of nitrogens with zero attached hydrogens (tertiary/aromatic N) is 2. The monoisotopic (exact) mass is 439 g/mol. The average molecular weight is 440 g/mol. The molecule has 0 heterocycles. The summed E-state index contributed by atoms with van der Waals surface area (Å²) in [7, 11) is 3.19. The third-order valence-electron chi connectivity index (χ3n) is 2.96. The van der Waals surface area contributed by atoms with Crippen LogP contribution in [-0.4, -0.2) is 94.9 Å². The SMILES string of the molecule is C=C(C)C(=O)OCCN(C)C.C=C(C)C(=O)OC[N+](C)(C)OCCCS(=O)(=O)O. The molecule has 0 aromatic carbocycles. The quantitative estimate of drug-likeness (QED) is 0.0903. The van der Waals surface area contributed by atoms with Crippen LogP contribution in [0.5, 0.6) is 0 Å². The summed E-state index contributed by atoms with van der Waals surface area (Å²) >= 11 is 0. The summed E-state index contributed by atoms with van der Waals surface area (Å²) < 4.78 is 39.1. The van der Waals surface area contributed by atoms with E-state index in [-0.39, 0.29) is 36.1 Å². The summed E-state index contributed by atoms with van der Waals surface area (Å²) in [5.41, 5.74) is 0.741. The highest BCUT2D eigenvalue weighted by Crippen LogP contribution is 2.03. The Morgan fingerprint density at radius 2 is 1.48 bits per heavy atom. The van der Waals surface area contributed by atoms with Gasteiger partial charge in [0.15, 0.2) is 0 Å². The first-order valence-electron chi connectivity index (χ1n) is 8.80. The first kappa shape index (κ1) is 29.4. The van der Waals surface area contributed by atoms with Crippen molar-refractivity contribution in [3.63, 3.8) is 0 Å². The van der Waals surface area contributed by atoms with E-state index in [1.165, 1.54) is 6.92 Å². The summed E-state index contributed by atoms with van der Waals surface area (Å²) in [6, 6.07) is 0. The van der Waals surface area contributed by atoms with Crippen LogP contribution in [0.1, 0.15) is 20.3 Å². The number of hydrogen-bond donors (Lipinski definition) is 1. The van der Waals surface area contributed by atoms with E-state index in [1.807, 2.05) is 19.0 Å². The van der Waals surface area contributed by atoms with Crippen LogP contribution in [0.3, 0.4) is 0 Å². The molecular formula is C18H35N2O8S+. The Kier molecular flexibility index (Phi) is 14.4. The zero-order valence-corrected chi connectivity index (χ0v) is 19.1. The van der Waals surface area contributed by atoms with Gasteiger partial charge in [0.05, 0.1) is 5.75 Å². The molecule has 0 aliphatic rings. The highest BCUT2D eigenvalue weighted by molar-refractivity contribution is 7.85. The molecule has 0 unspecified atom stereocenters. The van der Waals surface area contributed by atoms with Gasteiger partial charge < -0.3 is 14.4 Å². The fraction of sp³-hybridized carbons (Fsp3) is 0.667. The van der Waals surface area contributed by atoms with E-state index in [2.05, 4.69) is 13.2 Å². The van der Waals surface area contributed by atoms with Gasteiger partial charge in [0.2, 0.25) is 0 Å². The summed E-state index contributed by atoms with van der Waals surface area (Å²) in [6.45, 7) is 11.4. The van der Waals surface area contributed by atoms with Gasteiger partial charge >= 0.3 is 11.9 Å². The van der Waals surface area contributed by atoms with E-state index in [4.69, 9.17) is 18.9 Å². The summed E-state index contributed by atoms with van der Waals surface area (Å²) in [5.74, 6) is -1.19. The summed E-state index contributed by atoms with van der Waals surface area (Å²) in [6.07, 6.45) is 0.162. The lowest BCUT2D eigenvalue weighted by atomic mass is 10.4. The molecular weight excluding hydrogens is 404 g/mol. The van der Waals surface area contributed by atoms with Gasteiger partial charge in [-0.25, -0.2) is 14.4 Å². The molecule has 0 amide bonds. The zero-order chi connectivity index (χ0) is 23.3. The standard InChI is InChI=1S/C10H19NO6S.C8H15NO2/c1-9(2)10(12)16-8-11(3,4)17-6-5-7-18(13,14)15;1-7(2)8(10)11-6-5-9(3)4/h1,5-8H2,2-4H3;1,5-6H2,2-4H3/p+1. The summed E-state index contributed by atoms with van der Waals surface area (Å²) in [5, 5.41) is 0. The number of hydroxylamine groups is 3. The molecule has 0 saturated heterocycles. The van der Waals surface area contributed by atoms with Crippen LogP contribution in [0.15, 0.2) is 24.3 Å². The molecule has 170 valence electrons. The van der Waals surface area contributed by atoms with E-state index in [9.17, 15) is 18.0 Å². The van der Waals surface area contributed by atoms with Crippen molar-refractivity contribution in [1.29, 1.82) is 0 Å². The highest BCUT2D eigenvalue weighted by Gasteiger charge is 2.20. The lowest BCUT2D eigenvalue weighted by Crippen LogP contribution is -2.42. The molecule has 10 nitrogen and oxygen atoms in total.